The van der Waals surface area contributed by atoms with Gasteiger partial charge >= 0.3 is 5.63 Å². The minimum atomic E-state index is -0.821. The average molecular weight is 296 g/mol. The summed E-state index contributed by atoms with van der Waals surface area (Å²) in [4.78, 5) is 12.0. The molecule has 0 aliphatic rings. The topological polar surface area (TPSA) is 95.4 Å². The van der Waals surface area contributed by atoms with Crippen LogP contribution in [0, 0.1) is 6.92 Å². The van der Waals surface area contributed by atoms with Gasteiger partial charge in [0.1, 0.15) is 11.3 Å². The normalized spacial score (nSPS) is 11.3. The number of benzene rings is 2. The molecule has 0 bridgehead atoms. The number of hydrogen-bond donors (Lipinski definition) is 2. The van der Waals surface area contributed by atoms with Crippen molar-refractivity contribution in [2.75, 3.05) is 0 Å². The summed E-state index contributed by atoms with van der Waals surface area (Å²) >= 11 is 0. The Labute approximate surface area is 125 Å². The molecule has 0 aliphatic carbocycles. The molecule has 110 valence electrons. The number of aromatic hydroxyl groups is 2. The molecular weight excluding hydrogens is 284 g/mol. The highest BCUT2D eigenvalue weighted by molar-refractivity contribution is 5.90. The van der Waals surface area contributed by atoms with Gasteiger partial charge in [-0.05, 0) is 31.2 Å². The SMILES string of the molecule is Cc1c(O)ccc2c(O)c(N=Nc3ccccc3)c(=O)oc12. The predicted molar refractivity (Wildman–Crippen MR) is 81.2 cm³/mol. The molecule has 22 heavy (non-hydrogen) atoms. The van der Waals surface area contributed by atoms with Gasteiger partial charge in [-0.1, -0.05) is 18.2 Å². The smallest absolute Gasteiger partial charge is 0.368 e. The summed E-state index contributed by atoms with van der Waals surface area (Å²) in [7, 11) is 0. The van der Waals surface area contributed by atoms with Crippen molar-refractivity contribution in [3.63, 3.8) is 0 Å². The molecule has 2 aromatic carbocycles. The first-order chi connectivity index (χ1) is 10.6. The molecule has 0 unspecified atom stereocenters. The fourth-order valence-corrected chi connectivity index (χ4v) is 2.06. The van der Waals surface area contributed by atoms with Gasteiger partial charge in [-0.2, -0.15) is 5.11 Å². The van der Waals surface area contributed by atoms with E-state index in [4.69, 9.17) is 4.42 Å². The van der Waals surface area contributed by atoms with Crippen LogP contribution in [-0.2, 0) is 0 Å². The van der Waals surface area contributed by atoms with E-state index >= 15 is 0 Å². The van der Waals surface area contributed by atoms with Crippen molar-refractivity contribution in [1.82, 2.24) is 0 Å². The summed E-state index contributed by atoms with van der Waals surface area (Å²) in [6.07, 6.45) is 0. The van der Waals surface area contributed by atoms with Crippen molar-refractivity contribution in [3.05, 3.63) is 58.4 Å². The second-order valence-electron chi connectivity index (χ2n) is 4.71. The second-order valence-corrected chi connectivity index (χ2v) is 4.71. The lowest BCUT2D eigenvalue weighted by Gasteiger charge is -2.05. The Hall–Kier alpha value is -3.15. The van der Waals surface area contributed by atoms with Gasteiger partial charge in [0, 0.05) is 5.56 Å². The van der Waals surface area contributed by atoms with Crippen LogP contribution in [0.25, 0.3) is 11.0 Å². The van der Waals surface area contributed by atoms with Crippen molar-refractivity contribution >= 4 is 22.3 Å². The molecular formula is C16H12N2O4. The quantitative estimate of drug-likeness (QED) is 0.553. The van der Waals surface area contributed by atoms with Crippen molar-refractivity contribution in [2.24, 2.45) is 10.2 Å². The molecule has 3 aromatic rings. The van der Waals surface area contributed by atoms with E-state index in [1.807, 2.05) is 6.07 Å². The molecule has 6 nitrogen and oxygen atoms in total. The predicted octanol–water partition coefficient (Wildman–Crippen LogP) is 3.93. The number of phenolic OH excluding ortho intramolecular Hbond substituents is 1. The standard InChI is InChI=1S/C16H12N2O4/c1-9-12(19)8-7-11-14(20)13(16(21)22-15(9)11)18-17-10-5-3-2-4-6-10/h2-8,19-20H,1H3. The van der Waals surface area contributed by atoms with Gasteiger partial charge < -0.3 is 14.6 Å². The first-order valence-corrected chi connectivity index (χ1v) is 6.53. The number of azo groups is 1. The molecule has 0 aliphatic heterocycles. The van der Waals surface area contributed by atoms with Gasteiger partial charge in [0.2, 0.25) is 5.69 Å². The van der Waals surface area contributed by atoms with Crippen LogP contribution in [0.15, 0.2) is 61.9 Å². The van der Waals surface area contributed by atoms with Crippen LogP contribution in [0.1, 0.15) is 5.56 Å². The molecule has 3 rings (SSSR count). The maximum atomic E-state index is 12.0. The molecule has 0 fully saturated rings. The van der Waals surface area contributed by atoms with E-state index in [0.717, 1.165) is 0 Å². The molecule has 6 heteroatoms. The van der Waals surface area contributed by atoms with Crippen molar-refractivity contribution in [1.29, 1.82) is 0 Å². The largest absolute Gasteiger partial charge is 0.508 e. The van der Waals surface area contributed by atoms with Gasteiger partial charge in [0.25, 0.3) is 0 Å². The maximum Gasteiger partial charge on any atom is 0.368 e. The van der Waals surface area contributed by atoms with Crippen LogP contribution < -0.4 is 5.63 Å². The Balaban J connectivity index is 2.17. The first-order valence-electron chi connectivity index (χ1n) is 6.53. The second kappa shape index (κ2) is 5.33. The van der Waals surface area contributed by atoms with E-state index in [0.29, 0.717) is 11.3 Å². The summed E-state index contributed by atoms with van der Waals surface area (Å²) < 4.78 is 5.14. The van der Waals surface area contributed by atoms with Gasteiger partial charge in [0.05, 0.1) is 11.1 Å². The molecule has 2 N–H and O–H groups in total. The average Bonchev–Trinajstić information content (AvgIpc) is 2.52. The van der Waals surface area contributed by atoms with Gasteiger partial charge in [-0.25, -0.2) is 4.79 Å². The number of aryl methyl sites for hydroxylation is 1. The minimum Gasteiger partial charge on any atom is -0.508 e. The van der Waals surface area contributed by atoms with E-state index < -0.39 is 5.63 Å². The lowest BCUT2D eigenvalue weighted by molar-refractivity contribution is 0.460. The number of phenols is 1. The van der Waals surface area contributed by atoms with Crippen LogP contribution in [0.5, 0.6) is 11.5 Å². The van der Waals surface area contributed by atoms with Crippen LogP contribution in [-0.4, -0.2) is 10.2 Å². The Morgan fingerprint density at radius 1 is 1.00 bits per heavy atom. The molecule has 1 heterocycles. The molecule has 1 aromatic heterocycles. The van der Waals surface area contributed by atoms with Gasteiger partial charge in [-0.15, -0.1) is 5.11 Å². The fraction of sp³-hybridized carbons (Fsp3) is 0.0625. The van der Waals surface area contributed by atoms with Crippen molar-refractivity contribution < 1.29 is 14.6 Å². The van der Waals surface area contributed by atoms with Crippen LogP contribution in [0.2, 0.25) is 0 Å². The lowest BCUT2D eigenvalue weighted by Crippen LogP contribution is -1.99. The summed E-state index contributed by atoms with van der Waals surface area (Å²) in [6, 6.07) is 11.7. The van der Waals surface area contributed by atoms with E-state index in [9.17, 15) is 15.0 Å². The zero-order chi connectivity index (χ0) is 15.7. The molecule has 0 saturated carbocycles. The first kappa shape index (κ1) is 13.8. The van der Waals surface area contributed by atoms with Crippen LogP contribution in [0.3, 0.4) is 0 Å². The van der Waals surface area contributed by atoms with E-state index in [-0.39, 0.29) is 28.2 Å². The fourth-order valence-electron chi connectivity index (χ4n) is 2.06. The minimum absolute atomic E-state index is 0.0197. The van der Waals surface area contributed by atoms with Crippen molar-refractivity contribution in [3.8, 4) is 11.5 Å². The molecule has 0 atom stereocenters. The Kier molecular flexibility index (Phi) is 3.34. The van der Waals surface area contributed by atoms with E-state index in [2.05, 4.69) is 10.2 Å². The highest BCUT2D eigenvalue weighted by atomic mass is 16.4. The molecule has 0 spiro atoms. The highest BCUT2D eigenvalue weighted by Gasteiger charge is 2.16. The number of rotatable bonds is 2. The Bertz CT molecular complexity index is 930. The third-order valence-electron chi connectivity index (χ3n) is 3.27. The van der Waals surface area contributed by atoms with Crippen LogP contribution in [0.4, 0.5) is 11.4 Å². The summed E-state index contributed by atoms with van der Waals surface area (Å²) in [6.45, 7) is 1.59. The zero-order valence-electron chi connectivity index (χ0n) is 11.6. The highest BCUT2D eigenvalue weighted by Crippen LogP contribution is 2.36. The third-order valence-corrected chi connectivity index (χ3v) is 3.27. The number of fused-ring (bicyclic) bond motifs is 1. The van der Waals surface area contributed by atoms with Gasteiger partial charge in [-0.3, -0.25) is 0 Å². The monoisotopic (exact) mass is 296 g/mol. The van der Waals surface area contributed by atoms with Crippen LogP contribution >= 0.6 is 0 Å². The Morgan fingerprint density at radius 2 is 1.73 bits per heavy atom. The van der Waals surface area contributed by atoms with E-state index in [1.54, 1.807) is 31.2 Å². The van der Waals surface area contributed by atoms with Gasteiger partial charge in [0.15, 0.2) is 5.75 Å². The number of nitrogens with zero attached hydrogens (tertiary/aromatic N) is 2. The maximum absolute atomic E-state index is 12.0. The van der Waals surface area contributed by atoms with E-state index in [1.165, 1.54) is 12.1 Å². The Morgan fingerprint density at radius 3 is 2.45 bits per heavy atom. The summed E-state index contributed by atoms with van der Waals surface area (Å²) in [5, 5.41) is 27.8. The molecule has 0 radical (unpaired) electrons. The number of hydrogen-bond acceptors (Lipinski definition) is 6. The third kappa shape index (κ3) is 2.31. The molecule has 0 saturated heterocycles. The lowest BCUT2D eigenvalue weighted by atomic mass is 10.1. The molecule has 0 amide bonds. The summed E-state index contributed by atoms with van der Waals surface area (Å²) in [5.74, 6) is -0.345. The van der Waals surface area contributed by atoms with Crippen molar-refractivity contribution in [2.45, 2.75) is 6.92 Å². The summed E-state index contributed by atoms with van der Waals surface area (Å²) in [5.41, 5.74) is -0.0549. The zero-order valence-corrected chi connectivity index (χ0v) is 11.6.